The molecule has 1 aromatic carbocycles. The van der Waals surface area contributed by atoms with Crippen molar-refractivity contribution in [3.8, 4) is 0 Å². The summed E-state index contributed by atoms with van der Waals surface area (Å²) in [6.45, 7) is 3.63. The summed E-state index contributed by atoms with van der Waals surface area (Å²) >= 11 is 0. The molecule has 0 radical (unpaired) electrons. The highest BCUT2D eigenvalue weighted by atomic mass is 19.1. The standard InChI is InChI=1S/C15H21FN2O3/c1-4-15(5-2,13(19)20)17-14(21)18(3)10-11-7-6-8-12(16)9-11/h6-9H,4-5,10H2,1-3H3,(H,17,21)(H,19,20). The van der Waals surface area contributed by atoms with Crippen molar-refractivity contribution in [1.82, 2.24) is 10.2 Å². The van der Waals surface area contributed by atoms with Crippen LogP contribution < -0.4 is 5.32 Å². The minimum Gasteiger partial charge on any atom is -0.480 e. The van der Waals surface area contributed by atoms with Crippen molar-refractivity contribution in [2.45, 2.75) is 38.8 Å². The van der Waals surface area contributed by atoms with E-state index in [1.165, 1.54) is 24.1 Å². The molecule has 1 aromatic rings. The largest absolute Gasteiger partial charge is 0.480 e. The summed E-state index contributed by atoms with van der Waals surface area (Å²) in [4.78, 5) is 24.8. The first-order chi connectivity index (χ1) is 9.84. The summed E-state index contributed by atoms with van der Waals surface area (Å²) in [5.74, 6) is -1.43. The van der Waals surface area contributed by atoms with Crippen molar-refractivity contribution >= 4 is 12.0 Å². The van der Waals surface area contributed by atoms with E-state index < -0.39 is 17.5 Å². The Kier molecular flexibility index (Phi) is 5.69. The molecule has 5 nitrogen and oxygen atoms in total. The highest BCUT2D eigenvalue weighted by molar-refractivity contribution is 5.86. The van der Waals surface area contributed by atoms with Gasteiger partial charge >= 0.3 is 12.0 Å². The molecule has 0 unspecified atom stereocenters. The van der Waals surface area contributed by atoms with Crippen molar-refractivity contribution in [1.29, 1.82) is 0 Å². The Hall–Kier alpha value is -2.11. The van der Waals surface area contributed by atoms with Crippen LogP contribution in [-0.4, -0.2) is 34.6 Å². The summed E-state index contributed by atoms with van der Waals surface area (Å²) in [6, 6.07) is 5.44. The molecule has 6 heteroatoms. The molecule has 0 spiro atoms. The molecule has 2 N–H and O–H groups in total. The van der Waals surface area contributed by atoms with Gasteiger partial charge in [0.25, 0.3) is 0 Å². The number of carboxylic acids is 1. The van der Waals surface area contributed by atoms with Gasteiger partial charge in [-0.1, -0.05) is 26.0 Å². The molecule has 0 aliphatic heterocycles. The zero-order valence-corrected chi connectivity index (χ0v) is 12.5. The molecule has 0 aliphatic carbocycles. The van der Waals surface area contributed by atoms with E-state index in [-0.39, 0.29) is 12.4 Å². The first-order valence-corrected chi connectivity index (χ1v) is 6.85. The number of aliphatic carboxylic acids is 1. The third kappa shape index (κ3) is 4.18. The van der Waals surface area contributed by atoms with Gasteiger partial charge in [-0.3, -0.25) is 0 Å². The topological polar surface area (TPSA) is 69.6 Å². The number of benzene rings is 1. The number of hydrogen-bond acceptors (Lipinski definition) is 2. The second-order valence-electron chi connectivity index (χ2n) is 5.01. The fourth-order valence-electron chi connectivity index (χ4n) is 2.06. The fraction of sp³-hybridized carbons (Fsp3) is 0.467. The van der Waals surface area contributed by atoms with E-state index in [9.17, 15) is 19.1 Å². The molecule has 2 amide bonds. The van der Waals surface area contributed by atoms with Crippen LogP contribution in [0.5, 0.6) is 0 Å². The zero-order valence-electron chi connectivity index (χ0n) is 12.5. The van der Waals surface area contributed by atoms with Gasteiger partial charge in [-0.15, -0.1) is 0 Å². The summed E-state index contributed by atoms with van der Waals surface area (Å²) in [7, 11) is 1.54. The molecule has 0 saturated carbocycles. The smallest absolute Gasteiger partial charge is 0.329 e. The molecule has 0 bridgehead atoms. The van der Waals surface area contributed by atoms with Crippen LogP contribution in [0.15, 0.2) is 24.3 Å². The van der Waals surface area contributed by atoms with E-state index >= 15 is 0 Å². The summed E-state index contributed by atoms with van der Waals surface area (Å²) in [6.07, 6.45) is 0.580. The first-order valence-electron chi connectivity index (χ1n) is 6.85. The molecule has 21 heavy (non-hydrogen) atoms. The molecule has 0 saturated heterocycles. The Bertz CT molecular complexity index is 515. The normalized spacial score (nSPS) is 11.0. The molecular weight excluding hydrogens is 275 g/mol. The van der Waals surface area contributed by atoms with Crippen molar-refractivity contribution in [3.63, 3.8) is 0 Å². The Morgan fingerprint density at radius 3 is 2.43 bits per heavy atom. The van der Waals surface area contributed by atoms with E-state index in [4.69, 9.17) is 0 Å². The number of nitrogens with zero attached hydrogens (tertiary/aromatic N) is 1. The van der Waals surface area contributed by atoms with Crippen molar-refractivity contribution in [3.05, 3.63) is 35.6 Å². The van der Waals surface area contributed by atoms with Gasteiger partial charge in [-0.05, 0) is 30.5 Å². The average Bonchev–Trinajstić information content (AvgIpc) is 2.44. The number of hydrogen-bond donors (Lipinski definition) is 2. The van der Waals surface area contributed by atoms with Gasteiger partial charge in [-0.2, -0.15) is 0 Å². The van der Waals surface area contributed by atoms with Gasteiger partial charge in [0.1, 0.15) is 11.4 Å². The maximum atomic E-state index is 13.1. The zero-order chi connectivity index (χ0) is 16.0. The number of halogens is 1. The number of amides is 2. The van der Waals surface area contributed by atoms with Gasteiger partial charge in [-0.25, -0.2) is 14.0 Å². The SMILES string of the molecule is CCC(CC)(NC(=O)N(C)Cc1cccc(F)c1)C(=O)O. The van der Waals surface area contributed by atoms with Crippen LogP contribution >= 0.6 is 0 Å². The summed E-state index contributed by atoms with van der Waals surface area (Å²) in [5, 5.41) is 11.9. The lowest BCUT2D eigenvalue weighted by Gasteiger charge is -2.30. The highest BCUT2D eigenvalue weighted by Gasteiger charge is 2.37. The van der Waals surface area contributed by atoms with Crippen molar-refractivity contribution in [2.24, 2.45) is 0 Å². The van der Waals surface area contributed by atoms with Crippen LogP contribution in [0, 0.1) is 5.82 Å². The average molecular weight is 296 g/mol. The van der Waals surface area contributed by atoms with Gasteiger partial charge in [0, 0.05) is 13.6 Å². The number of carboxylic acid groups (broad SMARTS) is 1. The molecular formula is C15H21FN2O3. The summed E-state index contributed by atoms with van der Waals surface area (Å²) in [5.41, 5.74) is -0.630. The van der Waals surface area contributed by atoms with Gasteiger partial charge < -0.3 is 15.3 Å². The minimum atomic E-state index is -1.27. The van der Waals surface area contributed by atoms with E-state index in [1.54, 1.807) is 26.0 Å². The van der Waals surface area contributed by atoms with Gasteiger partial charge in [0.05, 0.1) is 0 Å². The monoisotopic (exact) mass is 296 g/mol. The molecule has 0 heterocycles. The molecule has 0 atom stereocenters. The Labute approximate surface area is 123 Å². The third-order valence-corrected chi connectivity index (χ3v) is 3.62. The predicted molar refractivity (Wildman–Crippen MR) is 77.3 cm³/mol. The third-order valence-electron chi connectivity index (χ3n) is 3.62. The van der Waals surface area contributed by atoms with Crippen molar-refractivity contribution < 1.29 is 19.1 Å². The first kappa shape index (κ1) is 16.9. The quantitative estimate of drug-likeness (QED) is 0.847. The summed E-state index contributed by atoms with van der Waals surface area (Å²) < 4.78 is 13.1. The number of carbonyl (C=O) groups excluding carboxylic acids is 1. The van der Waals surface area contributed by atoms with E-state index in [1.807, 2.05) is 0 Å². The molecule has 0 aromatic heterocycles. The number of urea groups is 1. The van der Waals surface area contributed by atoms with Crippen LogP contribution in [0.25, 0.3) is 0 Å². The van der Waals surface area contributed by atoms with E-state index in [0.717, 1.165) is 0 Å². The van der Waals surface area contributed by atoms with Crippen LogP contribution in [0.2, 0.25) is 0 Å². The minimum absolute atomic E-state index is 0.201. The Morgan fingerprint density at radius 1 is 1.33 bits per heavy atom. The highest BCUT2D eigenvalue weighted by Crippen LogP contribution is 2.16. The lowest BCUT2D eigenvalue weighted by atomic mass is 9.93. The lowest BCUT2D eigenvalue weighted by molar-refractivity contribution is -0.144. The Morgan fingerprint density at radius 2 is 1.95 bits per heavy atom. The van der Waals surface area contributed by atoms with Crippen LogP contribution in [0.1, 0.15) is 32.3 Å². The number of carbonyl (C=O) groups is 2. The second kappa shape index (κ2) is 7.06. The van der Waals surface area contributed by atoms with Crippen LogP contribution in [-0.2, 0) is 11.3 Å². The maximum absolute atomic E-state index is 13.1. The fourth-order valence-corrected chi connectivity index (χ4v) is 2.06. The van der Waals surface area contributed by atoms with Gasteiger partial charge in [0.2, 0.25) is 0 Å². The Balaban J connectivity index is 2.76. The van der Waals surface area contributed by atoms with Gasteiger partial charge in [0.15, 0.2) is 0 Å². The van der Waals surface area contributed by atoms with Crippen molar-refractivity contribution in [2.75, 3.05) is 7.05 Å². The molecule has 0 aliphatic rings. The maximum Gasteiger partial charge on any atom is 0.329 e. The van der Waals surface area contributed by atoms with E-state index in [2.05, 4.69) is 5.32 Å². The number of nitrogens with one attached hydrogen (secondary N) is 1. The van der Waals surface area contributed by atoms with E-state index in [0.29, 0.717) is 18.4 Å². The van der Waals surface area contributed by atoms with Crippen LogP contribution in [0.4, 0.5) is 9.18 Å². The van der Waals surface area contributed by atoms with Crippen LogP contribution in [0.3, 0.4) is 0 Å². The molecule has 0 fully saturated rings. The molecule has 1 rings (SSSR count). The lowest BCUT2D eigenvalue weighted by Crippen LogP contribution is -2.56. The second-order valence-corrected chi connectivity index (χ2v) is 5.01. The number of rotatable bonds is 6. The predicted octanol–water partition coefficient (Wildman–Crippen LogP) is 2.61. The molecule has 116 valence electrons.